The molecule has 0 radical (unpaired) electrons. The summed E-state index contributed by atoms with van der Waals surface area (Å²) in [7, 11) is 0. The van der Waals surface area contributed by atoms with Crippen molar-refractivity contribution in [2.75, 3.05) is 4.90 Å². The van der Waals surface area contributed by atoms with Crippen LogP contribution in [0.2, 0.25) is 0 Å². The Hall–Kier alpha value is -2.06. The molecule has 0 aromatic heterocycles. The van der Waals surface area contributed by atoms with E-state index in [4.69, 9.17) is 0 Å². The number of carbonyl (C=O) groups excluding carboxylic acids is 2. The van der Waals surface area contributed by atoms with Crippen LogP contribution in [0.1, 0.15) is 6.42 Å². The monoisotopic (exact) mass is 518 g/mol. The van der Waals surface area contributed by atoms with Crippen LogP contribution in [0.25, 0.3) is 11.1 Å². The van der Waals surface area contributed by atoms with Crippen molar-refractivity contribution in [2.24, 2.45) is 23.7 Å². The average molecular weight is 520 g/mol. The Morgan fingerprint density at radius 1 is 0.828 bits per heavy atom. The van der Waals surface area contributed by atoms with Crippen molar-refractivity contribution < 1.29 is 14.5 Å². The topological polar surface area (TPSA) is 80.5 Å². The minimum absolute atomic E-state index is 0.0370. The predicted octanol–water partition coefficient (Wildman–Crippen LogP) is 4.54. The van der Waals surface area contributed by atoms with Crippen LogP contribution in [0.15, 0.2) is 48.5 Å². The second-order valence-electron chi connectivity index (χ2n) is 7.87. The summed E-state index contributed by atoms with van der Waals surface area (Å²) >= 11 is 7.40. The first-order valence-corrected chi connectivity index (χ1v) is 11.2. The van der Waals surface area contributed by atoms with Gasteiger partial charge in [0.05, 0.1) is 22.4 Å². The lowest BCUT2D eigenvalue weighted by Crippen LogP contribution is -2.37. The van der Waals surface area contributed by atoms with Crippen molar-refractivity contribution in [3.8, 4) is 11.1 Å². The number of imide groups is 1. The Morgan fingerprint density at radius 3 is 1.72 bits per heavy atom. The van der Waals surface area contributed by atoms with Crippen LogP contribution >= 0.6 is 31.9 Å². The predicted molar refractivity (Wildman–Crippen MR) is 115 cm³/mol. The quantitative estimate of drug-likeness (QED) is 0.258. The molecule has 148 valence electrons. The van der Waals surface area contributed by atoms with Crippen LogP contribution in [0.3, 0.4) is 0 Å². The summed E-state index contributed by atoms with van der Waals surface area (Å²) in [6.45, 7) is 0. The highest BCUT2D eigenvalue weighted by molar-refractivity contribution is 9.12. The summed E-state index contributed by atoms with van der Waals surface area (Å²) in [5.41, 5.74) is 2.32. The third-order valence-corrected chi connectivity index (χ3v) is 9.73. The first-order chi connectivity index (χ1) is 13.9. The normalized spacial score (nSPS) is 32.7. The zero-order valence-electron chi connectivity index (χ0n) is 15.1. The van der Waals surface area contributed by atoms with Crippen LogP contribution in [-0.2, 0) is 9.59 Å². The summed E-state index contributed by atoms with van der Waals surface area (Å²) in [4.78, 5) is 38.4. The molecule has 2 saturated carbocycles. The Bertz CT molecular complexity index is 992. The lowest BCUT2D eigenvalue weighted by molar-refractivity contribution is -0.384. The third-order valence-electron chi connectivity index (χ3n) is 6.52. The molecule has 5 rings (SSSR count). The fourth-order valence-electron chi connectivity index (χ4n) is 5.18. The number of non-ortho nitro benzene ring substituents is 1. The van der Waals surface area contributed by atoms with Gasteiger partial charge in [-0.2, -0.15) is 0 Å². The standard InChI is InChI=1S/C21H16Br2N2O4/c22-18-14-9-15(19(18)23)17-16(14)20(26)24(21(17)27)12-5-1-10(2-6-12)11-3-7-13(8-4-11)25(28)29/h1-8,14-19H,9H2/t14-,15-,16-,17+,18-,19+/m0/s1. The van der Waals surface area contributed by atoms with E-state index in [0.717, 1.165) is 17.5 Å². The minimum Gasteiger partial charge on any atom is -0.274 e. The molecule has 1 saturated heterocycles. The van der Waals surface area contributed by atoms with Gasteiger partial charge in [0.1, 0.15) is 0 Å². The van der Waals surface area contributed by atoms with Gasteiger partial charge in [-0.05, 0) is 53.6 Å². The smallest absolute Gasteiger partial charge is 0.269 e. The van der Waals surface area contributed by atoms with E-state index in [1.165, 1.54) is 17.0 Å². The highest BCUT2D eigenvalue weighted by atomic mass is 79.9. The summed E-state index contributed by atoms with van der Waals surface area (Å²) in [6, 6.07) is 13.5. The van der Waals surface area contributed by atoms with Gasteiger partial charge in [0, 0.05) is 21.8 Å². The van der Waals surface area contributed by atoms with E-state index in [1.807, 2.05) is 12.1 Å². The second kappa shape index (κ2) is 6.74. The van der Waals surface area contributed by atoms with Crippen molar-refractivity contribution in [3.05, 3.63) is 58.6 Å². The Kier molecular flexibility index (Phi) is 4.40. The van der Waals surface area contributed by atoms with E-state index in [0.29, 0.717) is 5.69 Å². The highest BCUT2D eigenvalue weighted by Crippen LogP contribution is 2.60. The van der Waals surface area contributed by atoms with Gasteiger partial charge < -0.3 is 0 Å². The zero-order valence-corrected chi connectivity index (χ0v) is 18.2. The molecule has 1 aliphatic heterocycles. The first kappa shape index (κ1) is 18.9. The molecule has 3 fully saturated rings. The maximum atomic E-state index is 13.1. The summed E-state index contributed by atoms with van der Waals surface area (Å²) in [5.74, 6) is -0.288. The number of benzene rings is 2. The molecule has 6 atom stereocenters. The lowest BCUT2D eigenvalue weighted by Gasteiger charge is -2.28. The molecule has 0 unspecified atom stereocenters. The average Bonchev–Trinajstić information content (AvgIpc) is 3.33. The summed E-state index contributed by atoms with van der Waals surface area (Å²) < 4.78 is 0. The molecular formula is C21H16Br2N2O4. The van der Waals surface area contributed by atoms with Crippen LogP contribution in [0.5, 0.6) is 0 Å². The van der Waals surface area contributed by atoms with E-state index < -0.39 is 4.92 Å². The Balaban J connectivity index is 1.41. The Morgan fingerprint density at radius 2 is 1.28 bits per heavy atom. The number of amides is 2. The van der Waals surface area contributed by atoms with Gasteiger partial charge in [-0.1, -0.05) is 44.0 Å². The van der Waals surface area contributed by atoms with Crippen molar-refractivity contribution in [2.45, 2.75) is 16.1 Å². The molecule has 0 N–H and O–H groups in total. The van der Waals surface area contributed by atoms with Crippen molar-refractivity contribution in [3.63, 3.8) is 0 Å². The van der Waals surface area contributed by atoms with Crippen molar-refractivity contribution in [1.29, 1.82) is 0 Å². The zero-order chi connectivity index (χ0) is 20.4. The molecule has 29 heavy (non-hydrogen) atoms. The lowest BCUT2D eigenvalue weighted by atomic mass is 9.81. The molecule has 2 bridgehead atoms. The van der Waals surface area contributed by atoms with E-state index in [9.17, 15) is 19.7 Å². The molecule has 2 aromatic rings. The van der Waals surface area contributed by atoms with Crippen LogP contribution in [-0.4, -0.2) is 26.4 Å². The van der Waals surface area contributed by atoms with Gasteiger partial charge in [-0.25, -0.2) is 0 Å². The number of hydrogen-bond donors (Lipinski definition) is 0. The maximum Gasteiger partial charge on any atom is 0.269 e. The van der Waals surface area contributed by atoms with Gasteiger partial charge in [-0.15, -0.1) is 0 Å². The fourth-order valence-corrected chi connectivity index (χ4v) is 7.06. The highest BCUT2D eigenvalue weighted by Gasteiger charge is 2.66. The van der Waals surface area contributed by atoms with Gasteiger partial charge >= 0.3 is 0 Å². The maximum absolute atomic E-state index is 13.1. The fraction of sp³-hybridized carbons (Fsp3) is 0.333. The minimum atomic E-state index is -0.434. The third kappa shape index (κ3) is 2.72. The molecule has 2 aliphatic carbocycles. The number of nitro groups is 1. The van der Waals surface area contributed by atoms with Crippen LogP contribution in [0, 0.1) is 33.8 Å². The number of rotatable bonds is 3. The number of nitro benzene ring substituents is 1. The van der Waals surface area contributed by atoms with Crippen molar-refractivity contribution >= 4 is 55.0 Å². The summed E-state index contributed by atoms with van der Waals surface area (Å²) in [5, 5.41) is 10.8. The molecular weight excluding hydrogens is 504 g/mol. The number of nitrogens with zero attached hydrogens (tertiary/aromatic N) is 2. The number of alkyl halides is 2. The number of hydrogen-bond acceptors (Lipinski definition) is 4. The Labute approximate surface area is 183 Å². The molecule has 2 aromatic carbocycles. The number of fused-ring (bicyclic) bond motifs is 5. The largest absolute Gasteiger partial charge is 0.274 e. The number of carbonyl (C=O) groups is 2. The van der Waals surface area contributed by atoms with Gasteiger partial charge in [0.2, 0.25) is 11.8 Å². The molecule has 0 spiro atoms. The molecule has 2 amide bonds. The molecule has 6 nitrogen and oxygen atoms in total. The van der Waals surface area contributed by atoms with Gasteiger partial charge in [-0.3, -0.25) is 24.6 Å². The second-order valence-corrected chi connectivity index (χ2v) is 9.98. The van der Waals surface area contributed by atoms with Gasteiger partial charge in [0.25, 0.3) is 5.69 Å². The molecule has 1 heterocycles. The molecule has 8 heteroatoms. The summed E-state index contributed by atoms with van der Waals surface area (Å²) in [6.07, 6.45) is 0.908. The van der Waals surface area contributed by atoms with E-state index >= 15 is 0 Å². The van der Waals surface area contributed by atoms with Crippen molar-refractivity contribution in [1.82, 2.24) is 0 Å². The van der Waals surface area contributed by atoms with E-state index in [-0.39, 0.29) is 50.8 Å². The SMILES string of the molecule is O=C1[C@@H]2[C@@H]3C[C@H]([C@H](Br)[C@@H]3Br)[C@@H]2C(=O)N1c1ccc(-c2ccc([N+](=O)[O-])cc2)cc1. The van der Waals surface area contributed by atoms with E-state index in [2.05, 4.69) is 31.9 Å². The first-order valence-electron chi connectivity index (χ1n) is 9.39. The number of halogens is 2. The van der Waals surface area contributed by atoms with Gasteiger partial charge in [0.15, 0.2) is 0 Å². The number of anilines is 1. The van der Waals surface area contributed by atoms with Crippen LogP contribution < -0.4 is 4.90 Å². The molecule has 3 aliphatic rings. The van der Waals surface area contributed by atoms with E-state index in [1.54, 1.807) is 24.3 Å². The van der Waals surface area contributed by atoms with Crippen LogP contribution in [0.4, 0.5) is 11.4 Å².